The van der Waals surface area contributed by atoms with Crippen molar-refractivity contribution in [3.63, 3.8) is 0 Å². The molecule has 164 valence electrons. The van der Waals surface area contributed by atoms with E-state index in [1.807, 2.05) is 28.9 Å². The number of methoxy groups -OCH3 is 3. The predicted octanol–water partition coefficient (Wildman–Crippen LogP) is 5.08. The highest BCUT2D eigenvalue weighted by Gasteiger charge is 2.29. The van der Waals surface area contributed by atoms with Crippen molar-refractivity contribution < 1.29 is 14.2 Å². The average Bonchev–Trinajstić information content (AvgIpc) is 3.40. The molecular weight excluding hydrogens is 436 g/mol. The van der Waals surface area contributed by atoms with Crippen molar-refractivity contribution in [2.45, 2.75) is 25.6 Å². The number of halogens is 1. The Morgan fingerprint density at radius 1 is 1.10 bits per heavy atom. The van der Waals surface area contributed by atoms with Gasteiger partial charge in [-0.3, -0.25) is 10.00 Å². The minimum Gasteiger partial charge on any atom is -0.497 e. The third kappa shape index (κ3) is 4.42. The molecule has 0 spiro atoms. The van der Waals surface area contributed by atoms with Gasteiger partial charge in [-0.1, -0.05) is 11.6 Å². The lowest BCUT2D eigenvalue weighted by molar-refractivity contribution is 0.187. The molecule has 1 fully saturated rings. The number of rotatable bonds is 7. The van der Waals surface area contributed by atoms with Crippen molar-refractivity contribution in [2.75, 3.05) is 27.9 Å². The van der Waals surface area contributed by atoms with E-state index in [1.54, 1.807) is 27.4 Å². The standard InChI is InChI=1S/C22H25ClN4O3S/c1-28-15-7-9-19(29-2)16(12-15)18-5-4-10-26(18)13-27-22(31)24-21(25-27)17-11-14(23)6-8-20(17)30-3/h6-9,11-12,18H,4-5,10,13H2,1-3H3,(H,24,25,31). The van der Waals surface area contributed by atoms with Crippen LogP contribution in [0.2, 0.25) is 5.02 Å². The van der Waals surface area contributed by atoms with Gasteiger partial charge in [0.25, 0.3) is 0 Å². The van der Waals surface area contributed by atoms with Gasteiger partial charge >= 0.3 is 0 Å². The van der Waals surface area contributed by atoms with Gasteiger partial charge in [-0.05, 0) is 61.5 Å². The molecule has 1 N–H and O–H groups in total. The third-order valence-corrected chi connectivity index (χ3v) is 6.13. The van der Waals surface area contributed by atoms with Crippen LogP contribution < -0.4 is 14.2 Å². The summed E-state index contributed by atoms with van der Waals surface area (Å²) in [5.41, 5.74) is 1.88. The Morgan fingerprint density at radius 3 is 2.61 bits per heavy atom. The molecule has 1 atom stereocenters. The smallest absolute Gasteiger partial charge is 0.217 e. The Morgan fingerprint density at radius 2 is 1.87 bits per heavy atom. The zero-order valence-corrected chi connectivity index (χ0v) is 19.3. The van der Waals surface area contributed by atoms with E-state index >= 15 is 0 Å². The first-order valence-electron chi connectivity index (χ1n) is 10.0. The first-order chi connectivity index (χ1) is 15.0. The van der Waals surface area contributed by atoms with Gasteiger partial charge in [-0.2, -0.15) is 4.98 Å². The maximum atomic E-state index is 6.19. The molecule has 31 heavy (non-hydrogen) atoms. The number of likely N-dealkylation sites (tertiary alicyclic amines) is 1. The molecule has 4 rings (SSSR count). The molecule has 1 unspecified atom stereocenters. The number of nitrogens with one attached hydrogen (secondary N) is 1. The van der Waals surface area contributed by atoms with Crippen molar-refractivity contribution in [2.24, 2.45) is 0 Å². The average molecular weight is 461 g/mol. The van der Waals surface area contributed by atoms with Crippen molar-refractivity contribution >= 4 is 23.8 Å². The fourth-order valence-corrected chi connectivity index (χ4v) is 4.43. The first-order valence-corrected chi connectivity index (χ1v) is 10.8. The summed E-state index contributed by atoms with van der Waals surface area (Å²) in [4.78, 5) is 6.91. The fourth-order valence-electron chi connectivity index (χ4n) is 4.07. The molecule has 2 aromatic carbocycles. The van der Waals surface area contributed by atoms with Gasteiger partial charge in [0, 0.05) is 23.2 Å². The largest absolute Gasteiger partial charge is 0.497 e. The van der Waals surface area contributed by atoms with E-state index in [0.29, 0.717) is 28.0 Å². The molecule has 1 aliphatic rings. The molecule has 0 radical (unpaired) electrons. The highest BCUT2D eigenvalue weighted by Crippen LogP contribution is 2.39. The number of H-pyrrole nitrogens is 1. The Kier molecular flexibility index (Phi) is 6.50. The molecule has 1 saturated heterocycles. The Balaban J connectivity index is 1.63. The van der Waals surface area contributed by atoms with Gasteiger partial charge in [0.1, 0.15) is 17.2 Å². The number of benzene rings is 2. The topological polar surface area (TPSA) is 64.5 Å². The van der Waals surface area contributed by atoms with Crippen LogP contribution in [-0.2, 0) is 6.67 Å². The lowest BCUT2D eigenvalue weighted by atomic mass is 10.0. The second-order valence-corrected chi connectivity index (χ2v) is 8.15. The van der Waals surface area contributed by atoms with Gasteiger partial charge in [-0.25, -0.2) is 4.68 Å². The summed E-state index contributed by atoms with van der Waals surface area (Å²) in [6.07, 6.45) is 2.11. The SMILES string of the molecule is COc1ccc(OC)c(C2CCCN2Cn2[nH]c(-c3cc(Cl)ccc3OC)nc2=S)c1. The number of hydrogen-bond acceptors (Lipinski definition) is 6. The zero-order valence-electron chi connectivity index (χ0n) is 17.7. The van der Waals surface area contributed by atoms with E-state index in [9.17, 15) is 0 Å². The minimum absolute atomic E-state index is 0.194. The molecule has 0 bridgehead atoms. The summed E-state index contributed by atoms with van der Waals surface area (Å²) >= 11 is 11.7. The predicted molar refractivity (Wildman–Crippen MR) is 123 cm³/mol. The number of aromatic nitrogens is 3. The molecule has 9 heteroatoms. The van der Waals surface area contributed by atoms with Crippen molar-refractivity contribution in [1.82, 2.24) is 19.7 Å². The summed E-state index contributed by atoms with van der Waals surface area (Å²) in [7, 11) is 4.99. The molecule has 0 amide bonds. The van der Waals surface area contributed by atoms with Gasteiger partial charge in [0.05, 0.1) is 33.6 Å². The van der Waals surface area contributed by atoms with E-state index in [2.05, 4.69) is 21.0 Å². The lowest BCUT2D eigenvalue weighted by Gasteiger charge is -2.26. The summed E-state index contributed by atoms with van der Waals surface area (Å²) in [6, 6.07) is 11.5. The lowest BCUT2D eigenvalue weighted by Crippen LogP contribution is -2.27. The van der Waals surface area contributed by atoms with Gasteiger partial charge in [0.15, 0.2) is 5.82 Å². The van der Waals surface area contributed by atoms with Gasteiger partial charge in [0.2, 0.25) is 4.77 Å². The molecule has 1 aliphatic heterocycles. The maximum Gasteiger partial charge on any atom is 0.217 e. The van der Waals surface area contributed by atoms with E-state index in [1.165, 1.54) is 0 Å². The van der Waals surface area contributed by atoms with E-state index in [4.69, 9.17) is 38.0 Å². The zero-order chi connectivity index (χ0) is 22.0. The van der Waals surface area contributed by atoms with Crippen LogP contribution in [0.3, 0.4) is 0 Å². The highest BCUT2D eigenvalue weighted by molar-refractivity contribution is 7.71. The number of nitrogens with zero attached hydrogens (tertiary/aromatic N) is 3. The third-order valence-electron chi connectivity index (χ3n) is 5.58. The van der Waals surface area contributed by atoms with Crippen molar-refractivity contribution in [1.29, 1.82) is 0 Å². The summed E-state index contributed by atoms with van der Waals surface area (Å²) in [5, 5.41) is 3.92. The quantitative estimate of drug-likeness (QED) is 0.496. The van der Waals surface area contributed by atoms with Crippen LogP contribution in [-0.4, -0.2) is 47.5 Å². The van der Waals surface area contributed by atoms with Crippen LogP contribution >= 0.6 is 23.8 Å². The van der Waals surface area contributed by atoms with E-state index < -0.39 is 0 Å². The molecule has 3 aromatic rings. The number of hydrogen-bond donors (Lipinski definition) is 1. The minimum atomic E-state index is 0.194. The normalized spacial score (nSPS) is 16.5. The van der Waals surface area contributed by atoms with Crippen LogP contribution in [0.25, 0.3) is 11.4 Å². The molecule has 7 nitrogen and oxygen atoms in total. The second-order valence-electron chi connectivity index (χ2n) is 7.35. The van der Waals surface area contributed by atoms with E-state index in [-0.39, 0.29) is 6.04 Å². The summed E-state index contributed by atoms with van der Waals surface area (Å²) < 4.78 is 18.9. The molecule has 1 aromatic heterocycles. The Hall–Kier alpha value is -2.55. The van der Waals surface area contributed by atoms with Crippen LogP contribution in [0.15, 0.2) is 36.4 Å². The molecule has 0 saturated carbocycles. The van der Waals surface area contributed by atoms with E-state index in [0.717, 1.165) is 42.0 Å². The Bertz CT molecular complexity index is 1130. The molecular formula is C22H25ClN4O3S. The molecule has 2 heterocycles. The van der Waals surface area contributed by atoms with Gasteiger partial charge in [-0.15, -0.1) is 0 Å². The molecule has 0 aliphatic carbocycles. The summed E-state index contributed by atoms with van der Waals surface area (Å²) in [6.45, 7) is 1.53. The highest BCUT2D eigenvalue weighted by atomic mass is 35.5. The monoisotopic (exact) mass is 460 g/mol. The first kappa shape index (κ1) is 21.7. The van der Waals surface area contributed by atoms with Crippen LogP contribution in [0.5, 0.6) is 17.2 Å². The van der Waals surface area contributed by atoms with Crippen LogP contribution in [0, 0.1) is 4.77 Å². The van der Waals surface area contributed by atoms with Crippen LogP contribution in [0.1, 0.15) is 24.4 Å². The van der Waals surface area contributed by atoms with Gasteiger partial charge < -0.3 is 14.2 Å². The maximum absolute atomic E-state index is 6.19. The van der Waals surface area contributed by atoms with Crippen molar-refractivity contribution in [3.8, 4) is 28.6 Å². The fraction of sp³-hybridized carbons (Fsp3) is 0.364. The Labute approximate surface area is 191 Å². The summed E-state index contributed by atoms with van der Waals surface area (Å²) in [5.74, 6) is 2.98. The number of ether oxygens (including phenoxy) is 3. The van der Waals surface area contributed by atoms with Crippen molar-refractivity contribution in [3.05, 3.63) is 51.8 Å². The second kappa shape index (κ2) is 9.30. The van der Waals surface area contributed by atoms with Crippen LogP contribution in [0.4, 0.5) is 0 Å². The number of aromatic amines is 1.